The molecule has 6 heteroatoms. The second-order valence-electron chi connectivity index (χ2n) is 6.53. The second-order valence-corrected chi connectivity index (χ2v) is 6.53. The highest BCUT2D eigenvalue weighted by atomic mass is 16.5. The summed E-state index contributed by atoms with van der Waals surface area (Å²) in [4.78, 5) is 13.0. The third kappa shape index (κ3) is 3.15. The maximum absolute atomic E-state index is 13.0. The lowest BCUT2D eigenvalue weighted by Crippen LogP contribution is -2.21. The number of benzene rings is 2. The quantitative estimate of drug-likeness (QED) is 0.669. The Labute approximate surface area is 151 Å². The van der Waals surface area contributed by atoms with Crippen LogP contribution < -0.4 is 10.6 Å². The third-order valence-corrected chi connectivity index (χ3v) is 4.95. The van der Waals surface area contributed by atoms with Gasteiger partial charge < -0.3 is 15.4 Å². The number of amides is 1. The molecular formula is C20H22N4O2. The lowest BCUT2D eigenvalue weighted by molar-refractivity contribution is 0.0847. The monoisotopic (exact) mass is 350 g/mol. The molecule has 6 nitrogen and oxygen atoms in total. The van der Waals surface area contributed by atoms with Crippen molar-refractivity contribution in [2.24, 2.45) is 0 Å². The largest absolute Gasteiger partial charge is 0.388 e. The summed E-state index contributed by atoms with van der Waals surface area (Å²) in [6.07, 6.45) is 3.61. The Balaban J connectivity index is 1.66. The fraction of sp³-hybridized carbons (Fsp3) is 0.300. The van der Waals surface area contributed by atoms with E-state index in [2.05, 4.69) is 20.8 Å². The van der Waals surface area contributed by atoms with Gasteiger partial charge in [0.05, 0.1) is 11.7 Å². The number of nitrogens with one attached hydrogen (secondary N) is 3. The van der Waals surface area contributed by atoms with Crippen LogP contribution in [0.25, 0.3) is 10.9 Å². The number of hydrogen-bond acceptors (Lipinski definition) is 4. The average Bonchev–Trinajstić information content (AvgIpc) is 3.15. The minimum Gasteiger partial charge on any atom is -0.388 e. The molecule has 134 valence electrons. The van der Waals surface area contributed by atoms with Crippen LogP contribution in [0.3, 0.4) is 0 Å². The topological polar surface area (TPSA) is 79.0 Å². The van der Waals surface area contributed by atoms with Gasteiger partial charge in [0.15, 0.2) is 0 Å². The normalized spacial score (nSPS) is 15.1. The van der Waals surface area contributed by atoms with Gasteiger partial charge in [-0.2, -0.15) is 5.10 Å². The van der Waals surface area contributed by atoms with Crippen molar-refractivity contribution in [2.75, 3.05) is 30.9 Å². The summed E-state index contributed by atoms with van der Waals surface area (Å²) in [5.41, 5.74) is 4.52. The first kappa shape index (κ1) is 16.6. The maximum Gasteiger partial charge on any atom is 0.256 e. The van der Waals surface area contributed by atoms with E-state index in [4.69, 9.17) is 4.74 Å². The number of rotatable bonds is 4. The number of aromatic amines is 1. The van der Waals surface area contributed by atoms with Crippen LogP contribution in [0.15, 0.2) is 42.6 Å². The summed E-state index contributed by atoms with van der Waals surface area (Å²) < 4.78 is 5.49. The number of nitrogens with zero attached hydrogens (tertiary/aromatic N) is 1. The zero-order chi connectivity index (χ0) is 17.9. The van der Waals surface area contributed by atoms with Crippen molar-refractivity contribution in [1.82, 2.24) is 10.2 Å². The highest BCUT2D eigenvalue weighted by Gasteiger charge is 2.24. The van der Waals surface area contributed by atoms with Gasteiger partial charge in [-0.1, -0.05) is 6.07 Å². The van der Waals surface area contributed by atoms with Crippen LogP contribution >= 0.6 is 0 Å². The van der Waals surface area contributed by atoms with E-state index in [0.717, 1.165) is 59.5 Å². The molecule has 0 radical (unpaired) electrons. The first-order valence-electron chi connectivity index (χ1n) is 8.89. The number of hydrogen-bond donors (Lipinski definition) is 3. The third-order valence-electron chi connectivity index (χ3n) is 4.95. The molecule has 1 amide bonds. The predicted octanol–water partition coefficient (Wildman–Crippen LogP) is 3.75. The van der Waals surface area contributed by atoms with Gasteiger partial charge in [0, 0.05) is 42.6 Å². The minimum absolute atomic E-state index is 0.0913. The Morgan fingerprint density at radius 2 is 2.08 bits per heavy atom. The number of ether oxygens (including phenoxy) is 1. The molecule has 1 saturated heterocycles. The second kappa shape index (κ2) is 7.17. The van der Waals surface area contributed by atoms with Crippen LogP contribution in [0.5, 0.6) is 0 Å². The molecule has 4 rings (SSSR count). The maximum atomic E-state index is 13.0. The molecule has 1 fully saturated rings. The first-order chi connectivity index (χ1) is 12.8. The summed E-state index contributed by atoms with van der Waals surface area (Å²) in [5.74, 6) is 0.232. The molecule has 1 aromatic heterocycles. The molecule has 0 spiro atoms. The van der Waals surface area contributed by atoms with Crippen LogP contribution in [-0.2, 0) is 4.74 Å². The van der Waals surface area contributed by atoms with Crippen molar-refractivity contribution in [1.29, 1.82) is 0 Å². The molecule has 0 saturated carbocycles. The SMILES string of the molecule is CNc1cccc(C(=O)Nc2ccc3[nH]ncc3c2)c1C1CCOCC1. The number of aromatic nitrogens is 2. The van der Waals surface area contributed by atoms with E-state index in [-0.39, 0.29) is 5.91 Å². The Hall–Kier alpha value is -2.86. The molecule has 1 aliphatic heterocycles. The lowest BCUT2D eigenvalue weighted by Gasteiger charge is -2.26. The first-order valence-corrected chi connectivity index (χ1v) is 8.89. The summed E-state index contributed by atoms with van der Waals surface area (Å²) in [6.45, 7) is 1.47. The van der Waals surface area contributed by atoms with Crippen LogP contribution in [-0.4, -0.2) is 36.4 Å². The number of fused-ring (bicyclic) bond motifs is 1. The van der Waals surface area contributed by atoms with Gasteiger partial charge in [0.2, 0.25) is 0 Å². The van der Waals surface area contributed by atoms with Gasteiger partial charge >= 0.3 is 0 Å². The summed E-state index contributed by atoms with van der Waals surface area (Å²) in [6, 6.07) is 11.6. The number of anilines is 2. The van der Waals surface area contributed by atoms with Gasteiger partial charge in [-0.25, -0.2) is 0 Å². The molecule has 3 N–H and O–H groups in total. The van der Waals surface area contributed by atoms with E-state index < -0.39 is 0 Å². The Kier molecular flexibility index (Phi) is 4.58. The van der Waals surface area contributed by atoms with Crippen molar-refractivity contribution in [2.45, 2.75) is 18.8 Å². The summed E-state index contributed by atoms with van der Waals surface area (Å²) >= 11 is 0. The number of carbonyl (C=O) groups is 1. The molecule has 3 aromatic rings. The van der Waals surface area contributed by atoms with Gasteiger partial charge in [0.1, 0.15) is 0 Å². The lowest BCUT2D eigenvalue weighted by atomic mass is 9.86. The fourth-order valence-electron chi connectivity index (χ4n) is 3.63. The average molecular weight is 350 g/mol. The van der Waals surface area contributed by atoms with E-state index in [1.165, 1.54) is 0 Å². The van der Waals surface area contributed by atoms with Gasteiger partial charge in [-0.15, -0.1) is 0 Å². The number of carbonyl (C=O) groups excluding carboxylic acids is 1. The van der Waals surface area contributed by atoms with E-state index in [9.17, 15) is 4.79 Å². The zero-order valence-corrected chi connectivity index (χ0v) is 14.7. The predicted molar refractivity (Wildman–Crippen MR) is 103 cm³/mol. The molecule has 0 atom stereocenters. The van der Waals surface area contributed by atoms with Crippen molar-refractivity contribution < 1.29 is 9.53 Å². The molecule has 0 bridgehead atoms. The van der Waals surface area contributed by atoms with Crippen LogP contribution in [0.2, 0.25) is 0 Å². The zero-order valence-electron chi connectivity index (χ0n) is 14.7. The number of H-pyrrole nitrogens is 1. The molecule has 0 aliphatic carbocycles. The Bertz CT molecular complexity index is 928. The molecule has 26 heavy (non-hydrogen) atoms. The molecular weight excluding hydrogens is 328 g/mol. The van der Waals surface area contributed by atoms with Gasteiger partial charge in [0.25, 0.3) is 5.91 Å². The molecule has 0 unspecified atom stereocenters. The van der Waals surface area contributed by atoms with E-state index >= 15 is 0 Å². The van der Waals surface area contributed by atoms with Crippen LogP contribution in [0.4, 0.5) is 11.4 Å². The highest BCUT2D eigenvalue weighted by Crippen LogP contribution is 2.35. The summed E-state index contributed by atoms with van der Waals surface area (Å²) in [5, 5.41) is 14.2. The standard InChI is InChI=1S/C20H22N4O2/c1-21-18-4-2-3-16(19(18)13-7-9-26-10-8-13)20(25)23-15-5-6-17-14(11-15)12-22-24-17/h2-6,11-13,21H,7-10H2,1H3,(H,22,24)(H,23,25). The van der Waals surface area contributed by atoms with Crippen molar-refractivity contribution in [3.8, 4) is 0 Å². The fourth-order valence-corrected chi connectivity index (χ4v) is 3.63. The van der Waals surface area contributed by atoms with E-state index in [1.54, 1.807) is 6.20 Å². The molecule has 2 aromatic carbocycles. The smallest absolute Gasteiger partial charge is 0.256 e. The van der Waals surface area contributed by atoms with E-state index in [0.29, 0.717) is 5.92 Å². The minimum atomic E-state index is -0.0913. The van der Waals surface area contributed by atoms with Gasteiger partial charge in [-0.05, 0) is 54.7 Å². The van der Waals surface area contributed by atoms with Crippen molar-refractivity contribution in [3.63, 3.8) is 0 Å². The highest BCUT2D eigenvalue weighted by molar-refractivity contribution is 6.07. The molecule has 2 heterocycles. The molecule has 1 aliphatic rings. The van der Waals surface area contributed by atoms with Crippen molar-refractivity contribution >= 4 is 28.2 Å². The van der Waals surface area contributed by atoms with Crippen LogP contribution in [0, 0.1) is 0 Å². The van der Waals surface area contributed by atoms with Crippen LogP contribution in [0.1, 0.15) is 34.7 Å². The van der Waals surface area contributed by atoms with Gasteiger partial charge in [-0.3, -0.25) is 9.89 Å². The Morgan fingerprint density at radius 3 is 2.88 bits per heavy atom. The van der Waals surface area contributed by atoms with E-state index in [1.807, 2.05) is 43.4 Å². The summed E-state index contributed by atoms with van der Waals surface area (Å²) in [7, 11) is 1.90. The Morgan fingerprint density at radius 1 is 1.23 bits per heavy atom. The van der Waals surface area contributed by atoms with Crippen molar-refractivity contribution in [3.05, 3.63) is 53.7 Å².